The zero-order valence-electron chi connectivity index (χ0n) is 14.5. The van der Waals surface area contributed by atoms with Gasteiger partial charge in [0, 0.05) is 10.6 Å². The van der Waals surface area contributed by atoms with Gasteiger partial charge in [0.2, 0.25) is 11.2 Å². The van der Waals surface area contributed by atoms with Gasteiger partial charge < -0.3 is 9.15 Å². The number of rotatable bonds is 3. The van der Waals surface area contributed by atoms with Crippen LogP contribution in [0.1, 0.15) is 15.2 Å². The van der Waals surface area contributed by atoms with Crippen LogP contribution in [-0.2, 0) is 0 Å². The summed E-state index contributed by atoms with van der Waals surface area (Å²) in [7, 11) is 0. The van der Waals surface area contributed by atoms with E-state index in [2.05, 4.69) is 0 Å². The number of aryl methyl sites for hydroxylation is 1. The third-order valence-corrected chi connectivity index (χ3v) is 5.45. The maximum Gasteiger partial charge on any atom is 0.353 e. The van der Waals surface area contributed by atoms with E-state index in [1.165, 1.54) is 23.5 Å². The van der Waals surface area contributed by atoms with E-state index in [0.29, 0.717) is 10.4 Å². The number of esters is 1. The van der Waals surface area contributed by atoms with Crippen LogP contribution in [0, 0.1) is 6.92 Å². The van der Waals surface area contributed by atoms with Crippen LogP contribution in [0.4, 0.5) is 0 Å². The van der Waals surface area contributed by atoms with E-state index in [4.69, 9.17) is 32.4 Å². The van der Waals surface area contributed by atoms with Gasteiger partial charge in [0.25, 0.3) is 0 Å². The first-order chi connectivity index (χ1) is 13.4. The van der Waals surface area contributed by atoms with E-state index in [-0.39, 0.29) is 32.5 Å². The van der Waals surface area contributed by atoms with Gasteiger partial charge in [-0.25, -0.2) is 4.79 Å². The molecule has 0 saturated carbocycles. The molecule has 0 bridgehead atoms. The number of ether oxygens (including phenoxy) is 1. The van der Waals surface area contributed by atoms with E-state index in [1.54, 1.807) is 29.6 Å². The molecule has 0 spiro atoms. The summed E-state index contributed by atoms with van der Waals surface area (Å²) in [5.41, 5.74) is 1.28. The number of carbonyl (C=O) groups is 1. The molecule has 0 aliphatic carbocycles. The SMILES string of the molecule is Cc1ccc(-c2oc3c(Cl)cc(Cl)cc3c(=O)c2OC(=O)c2cccs2)cc1. The van der Waals surface area contributed by atoms with Crippen LogP contribution in [0.5, 0.6) is 5.75 Å². The third-order valence-electron chi connectivity index (χ3n) is 4.10. The third kappa shape index (κ3) is 3.44. The summed E-state index contributed by atoms with van der Waals surface area (Å²) in [5, 5.41) is 2.37. The van der Waals surface area contributed by atoms with Gasteiger partial charge in [0.05, 0.1) is 10.4 Å². The van der Waals surface area contributed by atoms with Crippen LogP contribution in [0.15, 0.2) is 63.1 Å². The number of hydrogen-bond acceptors (Lipinski definition) is 5. The van der Waals surface area contributed by atoms with Crippen molar-refractivity contribution in [2.24, 2.45) is 0 Å². The molecule has 28 heavy (non-hydrogen) atoms. The van der Waals surface area contributed by atoms with Crippen molar-refractivity contribution < 1.29 is 13.9 Å². The predicted molar refractivity (Wildman–Crippen MR) is 112 cm³/mol. The van der Waals surface area contributed by atoms with Crippen molar-refractivity contribution in [1.29, 1.82) is 0 Å². The van der Waals surface area contributed by atoms with Crippen LogP contribution in [-0.4, -0.2) is 5.97 Å². The summed E-state index contributed by atoms with van der Waals surface area (Å²) in [6, 6.07) is 13.6. The van der Waals surface area contributed by atoms with Gasteiger partial charge in [-0.15, -0.1) is 11.3 Å². The van der Waals surface area contributed by atoms with Crippen molar-refractivity contribution in [2.45, 2.75) is 6.92 Å². The molecular formula is C21H12Cl2O4S. The second-order valence-electron chi connectivity index (χ2n) is 6.09. The summed E-state index contributed by atoms with van der Waals surface area (Å²) in [6.45, 7) is 1.94. The molecule has 7 heteroatoms. The fourth-order valence-electron chi connectivity index (χ4n) is 2.73. The Labute approximate surface area is 173 Å². The van der Waals surface area contributed by atoms with Gasteiger partial charge in [-0.05, 0) is 30.5 Å². The molecule has 2 aromatic heterocycles. The quantitative estimate of drug-likeness (QED) is 0.355. The zero-order valence-corrected chi connectivity index (χ0v) is 16.8. The van der Waals surface area contributed by atoms with E-state index >= 15 is 0 Å². The Bertz CT molecular complexity index is 1240. The highest BCUT2D eigenvalue weighted by Gasteiger charge is 2.23. The normalized spacial score (nSPS) is 11.0. The largest absolute Gasteiger partial charge is 0.450 e. The topological polar surface area (TPSA) is 56.5 Å². The summed E-state index contributed by atoms with van der Waals surface area (Å²) in [6.07, 6.45) is 0. The van der Waals surface area contributed by atoms with Crippen LogP contribution in [0.3, 0.4) is 0 Å². The van der Waals surface area contributed by atoms with Crippen molar-refractivity contribution >= 4 is 51.5 Å². The van der Waals surface area contributed by atoms with Crippen molar-refractivity contribution in [3.05, 3.63) is 84.6 Å². The molecule has 0 N–H and O–H groups in total. The smallest absolute Gasteiger partial charge is 0.353 e. The van der Waals surface area contributed by atoms with Crippen LogP contribution in [0.2, 0.25) is 10.0 Å². The Kier molecular flexibility index (Phi) is 4.98. The molecule has 0 radical (unpaired) electrons. The van der Waals surface area contributed by atoms with Gasteiger partial charge in [-0.1, -0.05) is 59.1 Å². The Morgan fingerprint density at radius 2 is 1.86 bits per heavy atom. The molecular weight excluding hydrogens is 419 g/mol. The fraction of sp³-hybridized carbons (Fsp3) is 0.0476. The lowest BCUT2D eigenvalue weighted by molar-refractivity contribution is 0.0736. The lowest BCUT2D eigenvalue weighted by atomic mass is 10.1. The molecule has 0 amide bonds. The zero-order chi connectivity index (χ0) is 19.8. The molecule has 4 rings (SSSR count). The van der Waals surface area contributed by atoms with Gasteiger partial charge >= 0.3 is 5.97 Å². The summed E-state index contributed by atoms with van der Waals surface area (Å²) in [5.74, 6) is -0.706. The number of halogens is 2. The lowest BCUT2D eigenvalue weighted by Crippen LogP contribution is -2.15. The first-order valence-corrected chi connectivity index (χ1v) is 9.86. The molecule has 4 aromatic rings. The lowest BCUT2D eigenvalue weighted by Gasteiger charge is -2.11. The van der Waals surface area contributed by atoms with Crippen molar-refractivity contribution in [3.63, 3.8) is 0 Å². The maximum absolute atomic E-state index is 13.1. The Morgan fingerprint density at radius 1 is 1.11 bits per heavy atom. The summed E-state index contributed by atoms with van der Waals surface area (Å²) in [4.78, 5) is 26.0. The van der Waals surface area contributed by atoms with E-state index in [0.717, 1.165) is 5.56 Å². The highest BCUT2D eigenvalue weighted by molar-refractivity contribution is 7.12. The minimum absolute atomic E-state index is 0.131. The van der Waals surface area contributed by atoms with Crippen molar-refractivity contribution in [2.75, 3.05) is 0 Å². The van der Waals surface area contributed by atoms with Crippen molar-refractivity contribution in [1.82, 2.24) is 0 Å². The first kappa shape index (κ1) is 18.7. The van der Waals surface area contributed by atoms with Gasteiger partial charge in [-0.3, -0.25) is 4.79 Å². The van der Waals surface area contributed by atoms with Gasteiger partial charge in [0.1, 0.15) is 4.88 Å². The Morgan fingerprint density at radius 3 is 2.54 bits per heavy atom. The minimum atomic E-state index is -0.636. The molecule has 0 aliphatic heterocycles. The standard InChI is InChI=1S/C21H12Cl2O4S/c1-11-4-6-12(7-5-11)18-20(27-21(25)16-3-2-8-28-16)17(24)14-9-13(22)10-15(23)19(14)26-18/h2-10H,1H3. The van der Waals surface area contributed by atoms with Crippen LogP contribution in [0.25, 0.3) is 22.3 Å². The molecule has 2 heterocycles. The average Bonchev–Trinajstić information content (AvgIpc) is 3.20. The molecule has 0 fully saturated rings. The van der Waals surface area contributed by atoms with E-state index < -0.39 is 11.4 Å². The molecule has 0 saturated heterocycles. The molecule has 0 unspecified atom stereocenters. The molecule has 0 aliphatic rings. The number of carbonyl (C=O) groups excluding carboxylic acids is 1. The average molecular weight is 431 g/mol. The summed E-state index contributed by atoms with van der Waals surface area (Å²) < 4.78 is 11.4. The molecule has 2 aromatic carbocycles. The second-order valence-corrected chi connectivity index (χ2v) is 7.88. The van der Waals surface area contributed by atoms with E-state index in [1.807, 2.05) is 19.1 Å². The predicted octanol–water partition coefficient (Wildman–Crippen LogP) is 6.36. The Balaban J connectivity index is 1.97. The van der Waals surface area contributed by atoms with Crippen LogP contribution >= 0.6 is 34.5 Å². The van der Waals surface area contributed by atoms with E-state index in [9.17, 15) is 9.59 Å². The number of thiophene rings is 1. The van der Waals surface area contributed by atoms with Crippen molar-refractivity contribution in [3.8, 4) is 17.1 Å². The Hall–Kier alpha value is -2.60. The summed E-state index contributed by atoms with van der Waals surface area (Å²) >= 11 is 13.5. The fourth-order valence-corrected chi connectivity index (χ4v) is 3.86. The van der Waals surface area contributed by atoms with Crippen LogP contribution < -0.4 is 10.2 Å². The van der Waals surface area contributed by atoms with Gasteiger partial charge in [-0.2, -0.15) is 0 Å². The maximum atomic E-state index is 13.1. The highest BCUT2D eigenvalue weighted by Crippen LogP contribution is 2.35. The number of fused-ring (bicyclic) bond motifs is 1. The molecule has 0 atom stereocenters. The minimum Gasteiger partial charge on any atom is -0.450 e. The first-order valence-electron chi connectivity index (χ1n) is 8.22. The number of benzene rings is 2. The van der Waals surface area contributed by atoms with Gasteiger partial charge in [0.15, 0.2) is 11.3 Å². The second kappa shape index (κ2) is 7.43. The number of hydrogen-bond donors (Lipinski definition) is 0. The molecule has 4 nitrogen and oxygen atoms in total. The molecule has 140 valence electrons. The highest BCUT2D eigenvalue weighted by atomic mass is 35.5. The monoisotopic (exact) mass is 430 g/mol.